The highest BCUT2D eigenvalue weighted by Gasteiger charge is 2.39. The van der Waals surface area contributed by atoms with Crippen LogP contribution in [0, 0.1) is 3.57 Å². The molecule has 0 radical (unpaired) electrons. The zero-order valence-corrected chi connectivity index (χ0v) is 12.4. The molecule has 0 amide bonds. The Morgan fingerprint density at radius 1 is 1.33 bits per heavy atom. The highest BCUT2D eigenvalue weighted by atomic mass is 127. The van der Waals surface area contributed by atoms with Gasteiger partial charge in [-0.15, -0.1) is 0 Å². The first-order chi connectivity index (χ1) is 8.43. The second kappa shape index (κ2) is 5.14. The Balaban J connectivity index is 2.36. The minimum atomic E-state index is -3.70. The first kappa shape index (κ1) is 13.8. The summed E-state index contributed by atoms with van der Waals surface area (Å²) in [7, 11) is -3.70. The van der Waals surface area contributed by atoms with Gasteiger partial charge in [0.1, 0.15) is 6.04 Å². The Morgan fingerprint density at radius 2 is 1.94 bits per heavy atom. The Morgan fingerprint density at radius 3 is 2.50 bits per heavy atom. The number of carbonyl (C=O) groups is 1. The van der Waals surface area contributed by atoms with Gasteiger partial charge in [-0.3, -0.25) is 4.79 Å². The van der Waals surface area contributed by atoms with E-state index in [1.165, 1.54) is 12.1 Å². The number of rotatable bonds is 3. The molecule has 98 valence electrons. The molecule has 7 heteroatoms. The van der Waals surface area contributed by atoms with Crippen LogP contribution in [0.25, 0.3) is 0 Å². The number of carboxylic acid groups (broad SMARTS) is 1. The summed E-state index contributed by atoms with van der Waals surface area (Å²) in [4.78, 5) is 11.2. The van der Waals surface area contributed by atoms with Crippen molar-refractivity contribution < 1.29 is 18.3 Å². The van der Waals surface area contributed by atoms with E-state index in [1.807, 2.05) is 0 Å². The van der Waals surface area contributed by atoms with Gasteiger partial charge in [-0.2, -0.15) is 4.31 Å². The van der Waals surface area contributed by atoms with Crippen LogP contribution in [0.1, 0.15) is 12.8 Å². The van der Waals surface area contributed by atoms with Gasteiger partial charge in [0, 0.05) is 10.1 Å². The van der Waals surface area contributed by atoms with Gasteiger partial charge in [0.25, 0.3) is 0 Å². The Labute approximate surface area is 119 Å². The molecule has 5 nitrogen and oxygen atoms in total. The molecule has 0 unspecified atom stereocenters. The van der Waals surface area contributed by atoms with E-state index in [2.05, 4.69) is 22.6 Å². The van der Waals surface area contributed by atoms with E-state index in [9.17, 15) is 13.2 Å². The van der Waals surface area contributed by atoms with Crippen molar-refractivity contribution in [1.29, 1.82) is 0 Å². The van der Waals surface area contributed by atoms with Gasteiger partial charge in [0.05, 0.1) is 4.90 Å². The summed E-state index contributed by atoms with van der Waals surface area (Å²) in [5, 5.41) is 9.03. The number of carboxylic acids is 1. The fourth-order valence-corrected chi connectivity index (χ4v) is 4.03. The lowest BCUT2D eigenvalue weighted by molar-refractivity contribution is -0.140. The molecule has 0 aromatic heterocycles. The molecule has 1 N–H and O–H groups in total. The third-order valence-electron chi connectivity index (χ3n) is 2.91. The van der Waals surface area contributed by atoms with Crippen molar-refractivity contribution in [2.45, 2.75) is 23.8 Å². The average Bonchev–Trinajstić information content (AvgIpc) is 2.79. The van der Waals surface area contributed by atoms with Gasteiger partial charge in [-0.25, -0.2) is 8.42 Å². The van der Waals surface area contributed by atoms with Crippen molar-refractivity contribution in [2.75, 3.05) is 6.54 Å². The van der Waals surface area contributed by atoms with Crippen LogP contribution in [0.2, 0.25) is 0 Å². The van der Waals surface area contributed by atoms with Crippen LogP contribution in [0.3, 0.4) is 0 Å². The van der Waals surface area contributed by atoms with Crippen LogP contribution in [0.4, 0.5) is 0 Å². The van der Waals surface area contributed by atoms with Crippen molar-refractivity contribution in [3.8, 4) is 0 Å². The summed E-state index contributed by atoms with van der Waals surface area (Å²) in [6.45, 7) is 0.269. The predicted molar refractivity (Wildman–Crippen MR) is 73.7 cm³/mol. The SMILES string of the molecule is O=C(O)[C@@H]1CCCN1S(=O)(=O)c1ccc(I)cc1. The summed E-state index contributed by atoms with van der Waals surface area (Å²) in [5.74, 6) is -1.08. The molecule has 0 aliphatic carbocycles. The molecular weight excluding hydrogens is 369 g/mol. The maximum Gasteiger partial charge on any atom is 0.322 e. The maximum atomic E-state index is 12.3. The Hall–Kier alpha value is -0.670. The summed E-state index contributed by atoms with van der Waals surface area (Å²) >= 11 is 2.09. The van der Waals surface area contributed by atoms with Gasteiger partial charge < -0.3 is 5.11 Å². The molecule has 1 aliphatic heterocycles. The van der Waals surface area contributed by atoms with E-state index >= 15 is 0 Å². The molecule has 0 bridgehead atoms. The van der Waals surface area contributed by atoms with Gasteiger partial charge in [-0.1, -0.05) is 0 Å². The summed E-state index contributed by atoms with van der Waals surface area (Å²) in [6, 6.07) is 5.47. The van der Waals surface area contributed by atoms with E-state index < -0.39 is 22.0 Å². The Bertz CT molecular complexity index is 555. The highest BCUT2D eigenvalue weighted by molar-refractivity contribution is 14.1. The van der Waals surface area contributed by atoms with Crippen LogP contribution in [-0.2, 0) is 14.8 Å². The van der Waals surface area contributed by atoms with E-state index in [4.69, 9.17) is 5.11 Å². The number of sulfonamides is 1. The molecular formula is C11H12INO4S. The molecule has 2 rings (SSSR count). The van der Waals surface area contributed by atoms with Crippen molar-refractivity contribution in [2.24, 2.45) is 0 Å². The standard InChI is InChI=1S/C11H12INO4S/c12-8-3-5-9(6-4-8)18(16,17)13-7-1-2-10(13)11(14)15/h3-6,10H,1-2,7H2,(H,14,15)/t10-/m0/s1. The van der Waals surface area contributed by atoms with Gasteiger partial charge in [0.2, 0.25) is 10.0 Å². The summed E-state index contributed by atoms with van der Waals surface area (Å²) in [5.41, 5.74) is 0. The van der Waals surface area contributed by atoms with Gasteiger partial charge >= 0.3 is 5.97 Å². The van der Waals surface area contributed by atoms with Crippen molar-refractivity contribution in [1.82, 2.24) is 4.31 Å². The third-order valence-corrected chi connectivity index (χ3v) is 5.55. The van der Waals surface area contributed by atoms with E-state index in [0.717, 1.165) is 7.88 Å². The first-order valence-corrected chi connectivity index (χ1v) is 7.95. The lowest BCUT2D eigenvalue weighted by atomic mass is 10.2. The fraction of sp³-hybridized carbons (Fsp3) is 0.364. The minimum Gasteiger partial charge on any atom is -0.480 e. The van der Waals surface area contributed by atoms with Crippen molar-refractivity contribution in [3.05, 3.63) is 27.8 Å². The second-order valence-corrected chi connectivity index (χ2v) is 7.20. The quantitative estimate of drug-likeness (QED) is 0.806. The number of aliphatic carboxylic acids is 1. The lowest BCUT2D eigenvalue weighted by Gasteiger charge is -2.20. The first-order valence-electron chi connectivity index (χ1n) is 5.43. The fourth-order valence-electron chi connectivity index (χ4n) is 2.02. The zero-order valence-electron chi connectivity index (χ0n) is 9.41. The number of hydrogen-bond donors (Lipinski definition) is 1. The molecule has 18 heavy (non-hydrogen) atoms. The van der Waals surface area contributed by atoms with Crippen molar-refractivity contribution >= 4 is 38.6 Å². The minimum absolute atomic E-state index is 0.149. The summed E-state index contributed by atoms with van der Waals surface area (Å²) < 4.78 is 26.7. The largest absolute Gasteiger partial charge is 0.480 e. The van der Waals surface area contributed by atoms with Gasteiger partial charge in [-0.05, 0) is 59.7 Å². The van der Waals surface area contributed by atoms with Crippen molar-refractivity contribution in [3.63, 3.8) is 0 Å². The van der Waals surface area contributed by atoms with Crippen LogP contribution in [-0.4, -0.2) is 36.4 Å². The highest BCUT2D eigenvalue weighted by Crippen LogP contribution is 2.26. The molecule has 1 saturated heterocycles. The van der Waals surface area contributed by atoms with Crippen LogP contribution in [0.15, 0.2) is 29.2 Å². The third kappa shape index (κ3) is 2.52. The summed E-state index contributed by atoms with van der Waals surface area (Å²) in [6.07, 6.45) is 0.958. The molecule has 0 spiro atoms. The molecule has 1 fully saturated rings. The van der Waals surface area contributed by atoms with Crippen LogP contribution >= 0.6 is 22.6 Å². The molecule has 0 saturated carbocycles. The smallest absolute Gasteiger partial charge is 0.322 e. The number of hydrogen-bond acceptors (Lipinski definition) is 3. The Kier molecular flexibility index (Phi) is 3.93. The van der Waals surface area contributed by atoms with Crippen LogP contribution < -0.4 is 0 Å². The van der Waals surface area contributed by atoms with Gasteiger partial charge in [0.15, 0.2) is 0 Å². The molecule has 1 heterocycles. The topological polar surface area (TPSA) is 74.7 Å². The zero-order chi connectivity index (χ0) is 13.3. The van der Waals surface area contributed by atoms with Crippen LogP contribution in [0.5, 0.6) is 0 Å². The maximum absolute atomic E-state index is 12.3. The van der Waals surface area contributed by atoms with E-state index in [1.54, 1.807) is 12.1 Å². The van der Waals surface area contributed by atoms with E-state index in [0.29, 0.717) is 12.8 Å². The average molecular weight is 381 g/mol. The number of nitrogens with zero attached hydrogens (tertiary/aromatic N) is 1. The predicted octanol–water partition coefficient (Wildman–Crippen LogP) is 1.53. The normalized spacial score (nSPS) is 21.1. The van der Waals surface area contributed by atoms with E-state index in [-0.39, 0.29) is 11.4 Å². The molecule has 1 atom stereocenters. The molecule has 1 aromatic carbocycles. The molecule has 1 aromatic rings. The number of benzene rings is 1. The molecule has 1 aliphatic rings. The number of halogens is 1. The second-order valence-electron chi connectivity index (χ2n) is 4.07. The monoisotopic (exact) mass is 381 g/mol. The lowest BCUT2D eigenvalue weighted by Crippen LogP contribution is -2.40.